The Morgan fingerprint density at radius 2 is 1.42 bits per heavy atom. The van der Waals surface area contributed by atoms with E-state index >= 15 is 0 Å². The number of thiophene rings is 1. The van der Waals surface area contributed by atoms with Crippen molar-refractivity contribution in [2.24, 2.45) is 0 Å². The van der Waals surface area contributed by atoms with Crippen molar-refractivity contribution >= 4 is 69.9 Å². The maximum Gasteiger partial charge on any atom is 0.162 e. The van der Waals surface area contributed by atoms with E-state index in [2.05, 4.69) is 138 Å². The fourth-order valence-corrected chi connectivity index (χ4v) is 8.28. The van der Waals surface area contributed by atoms with Crippen LogP contribution in [-0.4, -0.2) is 19.1 Å². The second kappa shape index (κ2) is 11.3. The van der Waals surface area contributed by atoms with Gasteiger partial charge in [0.1, 0.15) is 5.82 Å². The quantitative estimate of drug-likeness (QED) is 0.171. The van der Waals surface area contributed by atoms with Gasteiger partial charge < -0.3 is 4.57 Å². The van der Waals surface area contributed by atoms with E-state index in [0.29, 0.717) is 5.82 Å². The maximum absolute atomic E-state index is 5.33. The first-order chi connectivity index (χ1) is 23.7. The lowest BCUT2D eigenvalue weighted by Gasteiger charge is -2.13. The average Bonchev–Trinajstić information content (AvgIpc) is 3.85. The number of aromatic nitrogens is 4. The van der Waals surface area contributed by atoms with Crippen LogP contribution in [0, 0.1) is 0 Å². The van der Waals surface area contributed by atoms with E-state index in [4.69, 9.17) is 9.97 Å². The summed E-state index contributed by atoms with van der Waals surface area (Å²) in [6.07, 6.45) is 10.3. The molecule has 0 saturated carbocycles. The Labute approximate surface area is 281 Å². The number of nitrogens with zero attached hydrogens (tertiary/aromatic N) is 4. The minimum Gasteiger partial charge on any atom is -0.316 e. The molecule has 0 aliphatic heterocycles. The van der Waals surface area contributed by atoms with Crippen LogP contribution in [0.15, 0.2) is 158 Å². The predicted molar refractivity (Wildman–Crippen MR) is 205 cm³/mol. The highest BCUT2D eigenvalue weighted by Gasteiger charge is 2.25. The van der Waals surface area contributed by atoms with Gasteiger partial charge in [0.05, 0.1) is 26.9 Å². The smallest absolute Gasteiger partial charge is 0.162 e. The third kappa shape index (κ3) is 4.29. The summed E-state index contributed by atoms with van der Waals surface area (Å²) in [4.78, 5) is 10.4. The normalized spacial score (nSPS) is 12.4. The van der Waals surface area contributed by atoms with Crippen LogP contribution < -0.4 is 0 Å². The Morgan fingerprint density at radius 1 is 0.708 bits per heavy atom. The highest BCUT2D eigenvalue weighted by atomic mass is 32.1. The largest absolute Gasteiger partial charge is 0.316 e. The topological polar surface area (TPSA) is 35.6 Å². The van der Waals surface area contributed by atoms with Gasteiger partial charge in [-0.15, -0.1) is 11.3 Å². The first-order valence-corrected chi connectivity index (χ1v) is 16.9. The van der Waals surface area contributed by atoms with Gasteiger partial charge in [-0.25, -0.2) is 9.97 Å². The molecule has 0 bridgehead atoms. The predicted octanol–water partition coefficient (Wildman–Crippen LogP) is 11.8. The molecular weight excluding hydrogens is 605 g/mol. The molecule has 0 saturated heterocycles. The molecule has 9 rings (SSSR count). The van der Waals surface area contributed by atoms with Gasteiger partial charge in [-0.1, -0.05) is 122 Å². The minimum absolute atomic E-state index is 0.695. The number of benzene rings is 5. The number of rotatable bonds is 6. The molecule has 0 spiro atoms. The number of fused-ring (bicyclic) bond motifs is 10. The second-order valence-electron chi connectivity index (χ2n) is 11.8. The summed E-state index contributed by atoms with van der Waals surface area (Å²) in [6, 6.07) is 42.6. The van der Waals surface area contributed by atoms with Crippen molar-refractivity contribution in [3.8, 4) is 28.5 Å². The lowest BCUT2D eigenvalue weighted by molar-refractivity contribution is 1.05. The van der Waals surface area contributed by atoms with Crippen molar-refractivity contribution in [1.29, 1.82) is 0 Å². The Hall–Kier alpha value is -6.04. The van der Waals surface area contributed by atoms with Crippen LogP contribution in [0.25, 0.3) is 87.0 Å². The Kier molecular flexibility index (Phi) is 6.66. The summed E-state index contributed by atoms with van der Waals surface area (Å²) < 4.78 is 7.21. The monoisotopic (exact) mass is 634 g/mol. The molecule has 4 aromatic heterocycles. The van der Waals surface area contributed by atoms with Gasteiger partial charge in [-0.3, -0.25) is 4.57 Å². The number of hydrogen-bond acceptors (Lipinski definition) is 3. The molecule has 48 heavy (non-hydrogen) atoms. The summed E-state index contributed by atoms with van der Waals surface area (Å²) in [6.45, 7) is 6.02. The van der Waals surface area contributed by atoms with Gasteiger partial charge in [-0.05, 0) is 31.2 Å². The molecule has 228 valence electrons. The fourth-order valence-electron chi connectivity index (χ4n) is 7.02. The molecule has 4 nitrogen and oxygen atoms in total. The van der Waals surface area contributed by atoms with E-state index in [1.807, 2.05) is 47.8 Å². The van der Waals surface area contributed by atoms with Crippen molar-refractivity contribution in [2.75, 3.05) is 0 Å². The molecule has 0 atom stereocenters. The van der Waals surface area contributed by atoms with E-state index in [1.165, 1.54) is 41.8 Å². The molecule has 0 amide bonds. The summed E-state index contributed by atoms with van der Waals surface area (Å²) in [5.41, 5.74) is 7.43. The van der Waals surface area contributed by atoms with Crippen LogP contribution in [-0.2, 0) is 0 Å². The zero-order valence-electron chi connectivity index (χ0n) is 26.3. The third-order valence-electron chi connectivity index (χ3n) is 9.10. The van der Waals surface area contributed by atoms with Crippen molar-refractivity contribution in [2.45, 2.75) is 6.92 Å². The van der Waals surface area contributed by atoms with Crippen molar-refractivity contribution < 1.29 is 0 Å². The van der Waals surface area contributed by atoms with Crippen molar-refractivity contribution in [3.63, 3.8) is 0 Å². The zero-order valence-corrected chi connectivity index (χ0v) is 27.2. The van der Waals surface area contributed by atoms with Crippen molar-refractivity contribution in [3.05, 3.63) is 158 Å². The first-order valence-electron chi connectivity index (χ1n) is 16.1. The highest BCUT2D eigenvalue weighted by Crippen LogP contribution is 2.48. The molecule has 0 radical (unpaired) electrons. The summed E-state index contributed by atoms with van der Waals surface area (Å²) in [5, 5.41) is 6.16. The Morgan fingerprint density at radius 3 is 2.19 bits per heavy atom. The Balaban J connectivity index is 1.50. The van der Waals surface area contributed by atoms with Crippen LogP contribution in [0.1, 0.15) is 6.92 Å². The van der Waals surface area contributed by atoms with E-state index in [1.54, 1.807) is 0 Å². The lowest BCUT2D eigenvalue weighted by atomic mass is 10.0. The van der Waals surface area contributed by atoms with Gasteiger partial charge >= 0.3 is 0 Å². The molecule has 0 fully saturated rings. The summed E-state index contributed by atoms with van der Waals surface area (Å²) in [5.74, 6) is 1.53. The molecule has 5 aromatic carbocycles. The van der Waals surface area contributed by atoms with Crippen LogP contribution in [0.3, 0.4) is 0 Å². The van der Waals surface area contributed by atoms with Gasteiger partial charge in [-0.2, -0.15) is 0 Å². The summed E-state index contributed by atoms with van der Waals surface area (Å²) >= 11 is 1.85. The molecule has 5 heteroatoms. The van der Waals surface area contributed by atoms with Gasteiger partial charge in [0.25, 0.3) is 0 Å². The fraction of sp³-hybridized carbons (Fsp3) is 0.0233. The summed E-state index contributed by atoms with van der Waals surface area (Å²) in [7, 11) is 0. The second-order valence-corrected chi connectivity index (χ2v) is 12.9. The van der Waals surface area contributed by atoms with E-state index in [-0.39, 0.29) is 0 Å². The molecular formula is C43H30N4S. The molecule has 0 aliphatic carbocycles. The molecule has 0 aliphatic rings. The van der Waals surface area contributed by atoms with E-state index < -0.39 is 0 Å². The number of para-hydroxylation sites is 1. The minimum atomic E-state index is 0.695. The van der Waals surface area contributed by atoms with Crippen molar-refractivity contribution in [1.82, 2.24) is 19.1 Å². The van der Waals surface area contributed by atoms with Crippen LogP contribution in [0.4, 0.5) is 0 Å². The van der Waals surface area contributed by atoms with Crippen LogP contribution in [0.5, 0.6) is 0 Å². The van der Waals surface area contributed by atoms with E-state index in [9.17, 15) is 0 Å². The third-order valence-corrected chi connectivity index (χ3v) is 10.3. The highest BCUT2D eigenvalue weighted by molar-refractivity contribution is 7.27. The molecule has 0 unspecified atom stereocenters. The SMILES string of the molecule is C=C/C=C\C(=C/C)n1ccc2c3c4ccccc4sc3c3c(c4ccccc4n3-c3cc(-c4ccccc4)nc(-c4ccccc4)n3)c21. The average molecular weight is 635 g/mol. The van der Waals surface area contributed by atoms with Crippen LogP contribution in [0.2, 0.25) is 0 Å². The standard InChI is InChI=1S/C43H30N4S/c1-3-5-20-30(4-2)46-26-25-33-38-32-22-13-15-24-36(32)48-42(38)41-39(40(33)46)31-21-12-14-23-35(31)47(41)37-27-34(28-16-8-6-9-17-28)44-43(45-37)29-18-10-7-11-19-29/h3-27H,1H2,2H3/b20-5-,30-4+. The molecule has 9 aromatic rings. The molecule has 4 heterocycles. The van der Waals surface area contributed by atoms with E-state index in [0.717, 1.165) is 39.4 Å². The van der Waals surface area contributed by atoms with Gasteiger partial charge in [0.2, 0.25) is 0 Å². The lowest BCUT2D eigenvalue weighted by Crippen LogP contribution is -2.02. The number of hydrogen-bond donors (Lipinski definition) is 0. The molecule has 0 N–H and O–H groups in total. The van der Waals surface area contributed by atoms with Gasteiger partial charge in [0.15, 0.2) is 5.82 Å². The van der Waals surface area contributed by atoms with Gasteiger partial charge in [0, 0.05) is 60.7 Å². The number of allylic oxidation sites excluding steroid dienone is 5. The maximum atomic E-state index is 5.33. The zero-order chi connectivity index (χ0) is 32.2. The van der Waals surface area contributed by atoms with Crippen LogP contribution >= 0.6 is 11.3 Å². The Bertz CT molecular complexity index is 2680. The first kappa shape index (κ1) is 28.2.